The third kappa shape index (κ3) is 3.08. The van der Waals surface area contributed by atoms with Crippen LogP contribution >= 0.6 is 15.9 Å². The van der Waals surface area contributed by atoms with Gasteiger partial charge in [0, 0.05) is 9.89 Å². The summed E-state index contributed by atoms with van der Waals surface area (Å²) in [6, 6.07) is 3.77. The first-order valence-electron chi connectivity index (χ1n) is 6.64. The molecule has 0 aliphatic heterocycles. The van der Waals surface area contributed by atoms with Crippen LogP contribution in [0.1, 0.15) is 38.7 Å². The molecule has 1 aliphatic carbocycles. The van der Waals surface area contributed by atoms with E-state index in [1.54, 1.807) is 7.11 Å². The van der Waals surface area contributed by atoms with E-state index in [1.165, 1.54) is 0 Å². The number of hydrogen-bond donors (Lipinski definition) is 1. The SMILES string of the molecule is COc1cc(C2(CC(=O)O)CC2)c(Br)cc1OC(C)C. The highest BCUT2D eigenvalue weighted by Crippen LogP contribution is 2.54. The summed E-state index contributed by atoms with van der Waals surface area (Å²) >= 11 is 3.54. The molecule has 1 aromatic rings. The van der Waals surface area contributed by atoms with Crippen LogP contribution in [-0.2, 0) is 10.2 Å². The number of halogens is 1. The Balaban J connectivity index is 2.38. The van der Waals surface area contributed by atoms with Crippen LogP contribution in [0.4, 0.5) is 0 Å². The van der Waals surface area contributed by atoms with Crippen LogP contribution in [0.15, 0.2) is 16.6 Å². The summed E-state index contributed by atoms with van der Waals surface area (Å²) in [5.74, 6) is 0.550. The molecule has 20 heavy (non-hydrogen) atoms. The highest BCUT2D eigenvalue weighted by molar-refractivity contribution is 9.10. The maximum absolute atomic E-state index is 11.0. The quantitative estimate of drug-likeness (QED) is 0.855. The normalized spacial score (nSPS) is 16.1. The van der Waals surface area contributed by atoms with E-state index >= 15 is 0 Å². The van der Waals surface area contributed by atoms with E-state index in [4.69, 9.17) is 14.6 Å². The number of hydrogen-bond acceptors (Lipinski definition) is 3. The lowest BCUT2D eigenvalue weighted by Crippen LogP contribution is -2.14. The number of aliphatic carboxylic acids is 1. The van der Waals surface area contributed by atoms with Crippen molar-refractivity contribution in [1.29, 1.82) is 0 Å². The van der Waals surface area contributed by atoms with E-state index in [1.807, 2.05) is 26.0 Å². The van der Waals surface area contributed by atoms with E-state index in [0.717, 1.165) is 22.9 Å². The zero-order chi connectivity index (χ0) is 14.9. The number of ether oxygens (including phenoxy) is 2. The number of benzene rings is 1. The molecule has 1 saturated carbocycles. The van der Waals surface area contributed by atoms with Crippen LogP contribution in [0.25, 0.3) is 0 Å². The van der Waals surface area contributed by atoms with Gasteiger partial charge in [0.25, 0.3) is 0 Å². The van der Waals surface area contributed by atoms with Crippen molar-refractivity contribution in [1.82, 2.24) is 0 Å². The molecule has 4 nitrogen and oxygen atoms in total. The molecular weight excluding hydrogens is 324 g/mol. The summed E-state index contributed by atoms with van der Waals surface area (Å²) in [6.07, 6.45) is 1.99. The van der Waals surface area contributed by atoms with Gasteiger partial charge < -0.3 is 14.6 Å². The Morgan fingerprint density at radius 3 is 2.50 bits per heavy atom. The molecule has 5 heteroatoms. The van der Waals surface area contributed by atoms with Crippen LogP contribution in [0.5, 0.6) is 11.5 Å². The first-order valence-corrected chi connectivity index (χ1v) is 7.44. The number of carboxylic acid groups (broad SMARTS) is 1. The smallest absolute Gasteiger partial charge is 0.304 e. The largest absolute Gasteiger partial charge is 0.493 e. The number of rotatable bonds is 6. The van der Waals surface area contributed by atoms with Crippen molar-refractivity contribution in [2.75, 3.05) is 7.11 Å². The molecule has 1 aromatic carbocycles. The lowest BCUT2D eigenvalue weighted by atomic mass is 9.92. The van der Waals surface area contributed by atoms with Gasteiger partial charge in [-0.2, -0.15) is 0 Å². The third-order valence-corrected chi connectivity index (χ3v) is 4.19. The van der Waals surface area contributed by atoms with E-state index in [-0.39, 0.29) is 17.9 Å². The summed E-state index contributed by atoms with van der Waals surface area (Å²) in [7, 11) is 1.59. The maximum Gasteiger partial charge on any atom is 0.304 e. The Hall–Kier alpha value is -1.23. The van der Waals surface area contributed by atoms with Crippen molar-refractivity contribution in [3.63, 3.8) is 0 Å². The molecule has 0 bridgehead atoms. The van der Waals surface area contributed by atoms with E-state index in [9.17, 15) is 4.79 Å². The predicted octanol–water partition coefficient (Wildman–Crippen LogP) is 3.75. The van der Waals surface area contributed by atoms with Crippen molar-refractivity contribution in [3.05, 3.63) is 22.2 Å². The van der Waals surface area contributed by atoms with Gasteiger partial charge in [-0.05, 0) is 44.4 Å². The van der Waals surface area contributed by atoms with Gasteiger partial charge in [-0.3, -0.25) is 4.79 Å². The van der Waals surface area contributed by atoms with Crippen molar-refractivity contribution in [3.8, 4) is 11.5 Å². The predicted molar refractivity (Wildman–Crippen MR) is 79.6 cm³/mol. The zero-order valence-corrected chi connectivity index (χ0v) is 13.5. The standard InChI is InChI=1S/C15H19BrO4/c1-9(2)20-13-7-11(16)10(6-12(13)19-3)15(4-5-15)8-14(17)18/h6-7,9H,4-5,8H2,1-3H3,(H,17,18). The van der Waals surface area contributed by atoms with E-state index in [0.29, 0.717) is 11.5 Å². The molecule has 0 spiro atoms. The van der Waals surface area contributed by atoms with Gasteiger partial charge in [0.1, 0.15) is 0 Å². The average Bonchev–Trinajstić information content (AvgIpc) is 3.08. The van der Waals surface area contributed by atoms with Gasteiger partial charge in [0.05, 0.1) is 19.6 Å². The van der Waals surface area contributed by atoms with Crippen LogP contribution in [0, 0.1) is 0 Å². The Bertz CT molecular complexity index is 521. The summed E-state index contributed by atoms with van der Waals surface area (Å²) in [4.78, 5) is 11.0. The van der Waals surface area contributed by atoms with Gasteiger partial charge >= 0.3 is 5.97 Å². The third-order valence-electron chi connectivity index (χ3n) is 3.53. The zero-order valence-electron chi connectivity index (χ0n) is 11.9. The molecule has 1 fully saturated rings. The van der Waals surface area contributed by atoms with Gasteiger partial charge in [-0.25, -0.2) is 0 Å². The molecule has 0 heterocycles. The molecule has 0 atom stereocenters. The monoisotopic (exact) mass is 342 g/mol. The van der Waals surface area contributed by atoms with Crippen molar-refractivity contribution in [2.45, 2.75) is 44.6 Å². The summed E-state index contributed by atoms with van der Waals surface area (Å²) in [6.45, 7) is 3.90. The van der Waals surface area contributed by atoms with Gasteiger partial charge in [0.2, 0.25) is 0 Å². The average molecular weight is 343 g/mol. The second-order valence-electron chi connectivity index (χ2n) is 5.50. The first kappa shape index (κ1) is 15.2. The van der Waals surface area contributed by atoms with Crippen LogP contribution in [0.2, 0.25) is 0 Å². The molecular formula is C15H19BrO4. The summed E-state index contributed by atoms with van der Waals surface area (Å²) in [5, 5.41) is 9.07. The van der Waals surface area contributed by atoms with E-state index in [2.05, 4.69) is 15.9 Å². The highest BCUT2D eigenvalue weighted by Gasteiger charge is 2.47. The molecule has 0 radical (unpaired) electrons. The highest BCUT2D eigenvalue weighted by atomic mass is 79.9. The Labute approximate surface area is 127 Å². The lowest BCUT2D eigenvalue weighted by molar-refractivity contribution is -0.137. The second kappa shape index (κ2) is 5.64. The number of methoxy groups -OCH3 is 1. The summed E-state index contributed by atoms with van der Waals surface area (Å²) in [5.41, 5.74) is 0.738. The van der Waals surface area contributed by atoms with Crippen molar-refractivity contribution in [2.24, 2.45) is 0 Å². The fourth-order valence-electron chi connectivity index (χ4n) is 2.43. The van der Waals surface area contributed by atoms with Gasteiger partial charge in [-0.1, -0.05) is 15.9 Å². The molecule has 110 valence electrons. The fourth-order valence-corrected chi connectivity index (χ4v) is 3.17. The number of carbonyl (C=O) groups is 1. The molecule has 2 rings (SSSR count). The van der Waals surface area contributed by atoms with E-state index < -0.39 is 5.97 Å². The summed E-state index contributed by atoms with van der Waals surface area (Å²) < 4.78 is 12.0. The minimum absolute atomic E-state index is 0.0514. The van der Waals surface area contributed by atoms with Crippen molar-refractivity contribution < 1.29 is 19.4 Å². The Kier molecular flexibility index (Phi) is 4.28. The van der Waals surface area contributed by atoms with Crippen LogP contribution in [0.3, 0.4) is 0 Å². The first-order chi connectivity index (χ1) is 9.38. The number of carboxylic acids is 1. The Morgan fingerprint density at radius 2 is 2.05 bits per heavy atom. The van der Waals surface area contributed by atoms with Crippen LogP contribution < -0.4 is 9.47 Å². The molecule has 1 aliphatic rings. The molecule has 0 saturated heterocycles. The fraction of sp³-hybridized carbons (Fsp3) is 0.533. The van der Waals surface area contributed by atoms with Crippen molar-refractivity contribution >= 4 is 21.9 Å². The van der Waals surface area contributed by atoms with Gasteiger partial charge in [-0.15, -0.1) is 0 Å². The second-order valence-corrected chi connectivity index (χ2v) is 6.35. The van der Waals surface area contributed by atoms with Gasteiger partial charge in [0.15, 0.2) is 11.5 Å². The van der Waals surface area contributed by atoms with Crippen LogP contribution in [-0.4, -0.2) is 24.3 Å². The Morgan fingerprint density at radius 1 is 1.40 bits per heavy atom. The topological polar surface area (TPSA) is 55.8 Å². The maximum atomic E-state index is 11.0. The molecule has 0 amide bonds. The minimum atomic E-state index is -0.768. The molecule has 1 N–H and O–H groups in total. The molecule has 0 unspecified atom stereocenters. The lowest BCUT2D eigenvalue weighted by Gasteiger charge is -2.20. The molecule has 0 aromatic heterocycles. The minimum Gasteiger partial charge on any atom is -0.493 e.